The van der Waals surface area contributed by atoms with Gasteiger partial charge in [0.2, 0.25) is 0 Å². The first-order valence-corrected chi connectivity index (χ1v) is 6.45. The van der Waals surface area contributed by atoms with Gasteiger partial charge in [-0.2, -0.15) is 5.48 Å². The first kappa shape index (κ1) is 11.8. The highest BCUT2D eigenvalue weighted by Crippen LogP contribution is 2.43. The van der Waals surface area contributed by atoms with E-state index in [1.807, 2.05) is 0 Å². The molecule has 4 heteroatoms. The van der Waals surface area contributed by atoms with E-state index in [1.165, 1.54) is 16.7 Å². The molecule has 2 aliphatic heterocycles. The predicted octanol–water partition coefficient (Wildman–Crippen LogP) is 1.98. The zero-order chi connectivity index (χ0) is 12.7. The fourth-order valence-electron chi connectivity index (χ4n) is 2.85. The van der Waals surface area contributed by atoms with E-state index in [4.69, 9.17) is 14.3 Å². The molecule has 0 spiro atoms. The molecule has 2 unspecified atom stereocenters. The lowest BCUT2D eigenvalue weighted by atomic mass is 9.98. The molecule has 0 bridgehead atoms. The minimum absolute atomic E-state index is 0.251. The molecule has 0 fully saturated rings. The zero-order valence-electron chi connectivity index (χ0n) is 11.1. The van der Waals surface area contributed by atoms with E-state index in [9.17, 15) is 0 Å². The van der Waals surface area contributed by atoms with Gasteiger partial charge in [-0.15, -0.1) is 0 Å². The van der Waals surface area contributed by atoms with Gasteiger partial charge in [0.25, 0.3) is 0 Å². The second-order valence-electron chi connectivity index (χ2n) is 5.11. The molecule has 1 N–H and O–H groups in total. The van der Waals surface area contributed by atoms with Crippen LogP contribution in [0.15, 0.2) is 6.07 Å². The van der Waals surface area contributed by atoms with Crippen molar-refractivity contribution in [1.29, 1.82) is 0 Å². The Morgan fingerprint density at radius 2 is 2.06 bits per heavy atom. The fourth-order valence-corrected chi connectivity index (χ4v) is 2.85. The first-order chi connectivity index (χ1) is 8.69. The van der Waals surface area contributed by atoms with E-state index in [-0.39, 0.29) is 12.2 Å². The Labute approximate surface area is 107 Å². The quantitative estimate of drug-likeness (QED) is 0.832. The average molecular weight is 249 g/mol. The lowest BCUT2D eigenvalue weighted by Crippen LogP contribution is -2.14. The number of nitrogens with one attached hydrogen (secondary N) is 1. The molecule has 1 aromatic carbocycles. The summed E-state index contributed by atoms with van der Waals surface area (Å²) in [5, 5.41) is 0. The summed E-state index contributed by atoms with van der Waals surface area (Å²) in [5.41, 5.74) is 6.63. The molecule has 1 aromatic rings. The van der Waals surface area contributed by atoms with Crippen LogP contribution < -0.4 is 15.0 Å². The molecule has 2 aliphatic rings. The minimum atomic E-state index is 0.251. The topological polar surface area (TPSA) is 39.7 Å². The smallest absolute Gasteiger partial charge is 0.128 e. The fraction of sp³-hybridized carbons (Fsp3) is 0.571. The van der Waals surface area contributed by atoms with Crippen LogP contribution in [-0.2, 0) is 24.2 Å². The number of fused-ring (bicyclic) bond motifs is 2. The number of rotatable bonds is 3. The van der Waals surface area contributed by atoms with E-state index < -0.39 is 0 Å². The highest BCUT2D eigenvalue weighted by Gasteiger charge is 2.31. The van der Waals surface area contributed by atoms with Crippen molar-refractivity contribution in [3.63, 3.8) is 0 Å². The van der Waals surface area contributed by atoms with E-state index in [2.05, 4.69) is 25.4 Å². The standard InChI is InChI=1S/C14H19NO3/c1-8-4-10-6-13-11(5-9(2)17-13)12(7-15-16-3)14(10)18-8/h6,8-9,15H,4-5,7H2,1-3H3. The largest absolute Gasteiger partial charge is 0.490 e. The van der Waals surface area contributed by atoms with Gasteiger partial charge in [0.15, 0.2) is 0 Å². The van der Waals surface area contributed by atoms with Crippen LogP contribution in [0.5, 0.6) is 11.5 Å². The van der Waals surface area contributed by atoms with Crippen molar-refractivity contribution in [3.05, 3.63) is 22.8 Å². The normalized spacial score (nSPS) is 24.4. The number of hydroxylamine groups is 1. The Kier molecular flexibility index (Phi) is 2.92. The van der Waals surface area contributed by atoms with Crippen LogP contribution in [0.1, 0.15) is 30.5 Å². The van der Waals surface area contributed by atoms with Crippen LogP contribution in [0.3, 0.4) is 0 Å². The minimum Gasteiger partial charge on any atom is -0.490 e. The van der Waals surface area contributed by atoms with Crippen LogP contribution in [-0.4, -0.2) is 19.3 Å². The zero-order valence-corrected chi connectivity index (χ0v) is 11.1. The number of hydrogen-bond donors (Lipinski definition) is 1. The molecule has 0 saturated carbocycles. The van der Waals surface area contributed by atoms with Crippen molar-refractivity contribution in [3.8, 4) is 11.5 Å². The molecule has 0 amide bonds. The average Bonchev–Trinajstić information content (AvgIpc) is 2.85. The summed E-state index contributed by atoms with van der Waals surface area (Å²) >= 11 is 0. The van der Waals surface area contributed by atoms with Crippen molar-refractivity contribution in [1.82, 2.24) is 5.48 Å². The Balaban J connectivity index is 2.04. The number of hydrogen-bond acceptors (Lipinski definition) is 4. The molecule has 4 nitrogen and oxygen atoms in total. The molecule has 0 saturated heterocycles. The molecule has 3 rings (SSSR count). The van der Waals surface area contributed by atoms with Crippen LogP contribution in [0, 0.1) is 0 Å². The van der Waals surface area contributed by atoms with Crippen molar-refractivity contribution < 1.29 is 14.3 Å². The third kappa shape index (κ3) is 1.85. The first-order valence-electron chi connectivity index (χ1n) is 6.45. The Hall–Kier alpha value is -1.26. The maximum Gasteiger partial charge on any atom is 0.128 e. The summed E-state index contributed by atoms with van der Waals surface area (Å²) in [6.45, 7) is 4.86. The van der Waals surface area contributed by atoms with Crippen molar-refractivity contribution >= 4 is 0 Å². The van der Waals surface area contributed by atoms with Crippen molar-refractivity contribution in [2.24, 2.45) is 0 Å². The molecule has 98 valence electrons. The highest BCUT2D eigenvalue weighted by molar-refractivity contribution is 5.57. The Morgan fingerprint density at radius 1 is 1.28 bits per heavy atom. The molecule has 2 heterocycles. The SMILES string of the molecule is CONCc1c2c(cc3c1OC(C)C3)OC(C)C2. The van der Waals surface area contributed by atoms with Crippen LogP contribution >= 0.6 is 0 Å². The molecular weight excluding hydrogens is 230 g/mol. The van der Waals surface area contributed by atoms with Crippen LogP contribution in [0.25, 0.3) is 0 Å². The molecule has 2 atom stereocenters. The lowest BCUT2D eigenvalue weighted by molar-refractivity contribution is 0.0856. The second kappa shape index (κ2) is 4.44. The molecule has 18 heavy (non-hydrogen) atoms. The predicted molar refractivity (Wildman–Crippen MR) is 67.9 cm³/mol. The summed E-state index contributed by atoms with van der Waals surface area (Å²) in [4.78, 5) is 4.97. The summed E-state index contributed by atoms with van der Waals surface area (Å²) in [6, 6.07) is 2.15. The maximum atomic E-state index is 5.94. The molecule has 0 radical (unpaired) electrons. The van der Waals surface area contributed by atoms with Gasteiger partial charge in [0.1, 0.15) is 23.7 Å². The summed E-state index contributed by atoms with van der Waals surface area (Å²) in [6.07, 6.45) is 2.41. The monoisotopic (exact) mass is 249 g/mol. The van der Waals surface area contributed by atoms with Gasteiger partial charge >= 0.3 is 0 Å². The van der Waals surface area contributed by atoms with Gasteiger partial charge in [0, 0.05) is 29.5 Å². The second-order valence-corrected chi connectivity index (χ2v) is 5.11. The van der Waals surface area contributed by atoms with E-state index in [1.54, 1.807) is 7.11 Å². The summed E-state index contributed by atoms with van der Waals surface area (Å²) in [7, 11) is 1.63. The van der Waals surface area contributed by atoms with Crippen LogP contribution in [0.2, 0.25) is 0 Å². The number of ether oxygens (including phenoxy) is 2. The van der Waals surface area contributed by atoms with Crippen molar-refractivity contribution in [2.45, 2.75) is 45.4 Å². The number of benzene rings is 1. The molecule has 0 aliphatic carbocycles. The van der Waals surface area contributed by atoms with Gasteiger partial charge in [-0.3, -0.25) is 0 Å². The van der Waals surface area contributed by atoms with Gasteiger partial charge in [-0.1, -0.05) is 0 Å². The highest BCUT2D eigenvalue weighted by atomic mass is 16.6. The summed E-state index contributed by atoms with van der Waals surface area (Å²) in [5.74, 6) is 2.05. The van der Waals surface area contributed by atoms with E-state index in [0.717, 1.165) is 24.3 Å². The third-order valence-electron chi connectivity index (χ3n) is 3.57. The Bertz CT molecular complexity index is 436. The molecule has 0 aromatic heterocycles. The van der Waals surface area contributed by atoms with Gasteiger partial charge < -0.3 is 14.3 Å². The molecular formula is C14H19NO3. The lowest BCUT2D eigenvalue weighted by Gasteiger charge is -2.13. The van der Waals surface area contributed by atoms with E-state index in [0.29, 0.717) is 6.54 Å². The van der Waals surface area contributed by atoms with Gasteiger partial charge in [-0.25, -0.2) is 0 Å². The van der Waals surface area contributed by atoms with Gasteiger partial charge in [-0.05, 0) is 19.9 Å². The Morgan fingerprint density at radius 3 is 2.83 bits per heavy atom. The maximum absolute atomic E-state index is 5.94. The summed E-state index contributed by atoms with van der Waals surface area (Å²) < 4.78 is 11.8. The van der Waals surface area contributed by atoms with Crippen LogP contribution in [0.4, 0.5) is 0 Å². The van der Waals surface area contributed by atoms with Gasteiger partial charge in [0.05, 0.1) is 13.7 Å². The van der Waals surface area contributed by atoms with Crippen molar-refractivity contribution in [2.75, 3.05) is 7.11 Å². The third-order valence-corrected chi connectivity index (χ3v) is 3.57. The van der Waals surface area contributed by atoms with E-state index >= 15 is 0 Å².